The lowest BCUT2D eigenvalue weighted by atomic mass is 9.88. The number of nitrogens with zero attached hydrogens (tertiary/aromatic N) is 4. The summed E-state index contributed by atoms with van der Waals surface area (Å²) >= 11 is 6.29. The molecule has 2 aromatic heterocycles. The molecule has 2 saturated heterocycles. The maximum Gasteiger partial charge on any atom is 0.417 e. The normalized spacial score (nSPS) is 22.7. The van der Waals surface area contributed by atoms with E-state index in [1.807, 2.05) is 4.90 Å². The molecule has 4 heterocycles. The molecule has 144 valence electrons. The molecule has 0 aromatic carbocycles. The number of anilines is 1. The number of pyridine rings is 1. The molecule has 0 radical (unpaired) electrons. The third-order valence-corrected chi connectivity index (χ3v) is 5.22. The first-order valence-electron chi connectivity index (χ1n) is 8.47. The zero-order valence-corrected chi connectivity index (χ0v) is 14.9. The van der Waals surface area contributed by atoms with Crippen LogP contribution in [0.5, 0.6) is 0 Å². The van der Waals surface area contributed by atoms with Crippen molar-refractivity contribution in [2.24, 2.45) is 11.8 Å². The fraction of sp³-hybridized carbons (Fsp3) is 0.471. The Morgan fingerprint density at radius 2 is 1.85 bits per heavy atom. The molecular formula is C17H16ClF3N4O2. The molecule has 6 nitrogen and oxygen atoms in total. The summed E-state index contributed by atoms with van der Waals surface area (Å²) in [7, 11) is 0. The van der Waals surface area contributed by atoms with Gasteiger partial charge in [-0.05, 0) is 18.6 Å². The van der Waals surface area contributed by atoms with E-state index in [1.54, 1.807) is 0 Å². The summed E-state index contributed by atoms with van der Waals surface area (Å²) in [5.41, 5.74) is -0.987. The highest BCUT2D eigenvalue weighted by Gasteiger charge is 2.33. The fourth-order valence-corrected chi connectivity index (χ4v) is 3.89. The van der Waals surface area contributed by atoms with Crippen LogP contribution in [0.2, 0.25) is 5.02 Å². The zero-order valence-electron chi connectivity index (χ0n) is 14.1. The highest BCUT2D eigenvalue weighted by molar-refractivity contribution is 6.33. The number of hydrogen-bond acceptors (Lipinski definition) is 5. The van der Waals surface area contributed by atoms with Gasteiger partial charge in [0, 0.05) is 31.1 Å². The molecule has 10 heteroatoms. The summed E-state index contributed by atoms with van der Waals surface area (Å²) in [4.78, 5) is 18.3. The van der Waals surface area contributed by atoms with Gasteiger partial charge in [-0.3, -0.25) is 4.79 Å². The van der Waals surface area contributed by atoms with Gasteiger partial charge in [-0.15, -0.1) is 0 Å². The lowest BCUT2D eigenvalue weighted by Crippen LogP contribution is -2.47. The first-order chi connectivity index (χ1) is 12.8. The van der Waals surface area contributed by atoms with Gasteiger partial charge in [0.25, 0.3) is 5.56 Å². The van der Waals surface area contributed by atoms with Crippen LogP contribution in [-0.2, 0) is 10.9 Å². The minimum atomic E-state index is -4.50. The Labute approximate surface area is 157 Å². The van der Waals surface area contributed by atoms with Crippen LogP contribution in [0.15, 0.2) is 29.3 Å². The van der Waals surface area contributed by atoms with Gasteiger partial charge in [-0.2, -0.15) is 23.0 Å². The summed E-state index contributed by atoms with van der Waals surface area (Å²) in [6, 6.07) is 1.94. The van der Waals surface area contributed by atoms with Crippen LogP contribution >= 0.6 is 11.6 Å². The van der Waals surface area contributed by atoms with Gasteiger partial charge in [-0.1, -0.05) is 11.6 Å². The average Bonchev–Trinajstić information content (AvgIpc) is 2.63. The predicted molar refractivity (Wildman–Crippen MR) is 92.3 cm³/mol. The van der Waals surface area contributed by atoms with E-state index in [4.69, 9.17) is 16.3 Å². The maximum atomic E-state index is 12.7. The standard InChI is InChI=1S/C17H16ClF3N4O2/c18-15-13(24-6-10-3-11(7-24)9-27-8-10)5-23-25(16(15)26)14-2-1-12(4-22-14)17(19,20)21/h1-2,4-5,10-11H,3,6-9H2/t10-,11-/m0/s1. The maximum absolute atomic E-state index is 12.7. The van der Waals surface area contributed by atoms with Crippen molar-refractivity contribution in [3.63, 3.8) is 0 Å². The van der Waals surface area contributed by atoms with Crippen molar-refractivity contribution in [2.75, 3.05) is 31.2 Å². The van der Waals surface area contributed by atoms with Gasteiger partial charge in [0.1, 0.15) is 5.02 Å². The van der Waals surface area contributed by atoms with Crippen molar-refractivity contribution in [1.29, 1.82) is 0 Å². The van der Waals surface area contributed by atoms with E-state index in [1.165, 1.54) is 6.20 Å². The van der Waals surface area contributed by atoms with E-state index in [0.29, 0.717) is 36.9 Å². The molecule has 2 aliphatic heterocycles. The van der Waals surface area contributed by atoms with Crippen LogP contribution in [0.4, 0.5) is 18.9 Å². The molecule has 0 aliphatic carbocycles. The third kappa shape index (κ3) is 3.53. The fourth-order valence-electron chi connectivity index (χ4n) is 3.64. The van der Waals surface area contributed by atoms with E-state index < -0.39 is 17.3 Å². The molecule has 0 saturated carbocycles. The molecule has 0 amide bonds. The molecule has 2 atom stereocenters. The van der Waals surface area contributed by atoms with Gasteiger partial charge >= 0.3 is 6.18 Å². The first-order valence-corrected chi connectivity index (χ1v) is 8.85. The minimum Gasteiger partial charge on any atom is -0.381 e. The molecule has 2 bridgehead atoms. The van der Waals surface area contributed by atoms with Gasteiger partial charge in [0.15, 0.2) is 5.82 Å². The summed E-state index contributed by atoms with van der Waals surface area (Å²) in [6.07, 6.45) is -1.28. The van der Waals surface area contributed by atoms with E-state index in [9.17, 15) is 18.0 Å². The van der Waals surface area contributed by atoms with Gasteiger partial charge in [0.05, 0.1) is 30.7 Å². The first kappa shape index (κ1) is 18.2. The van der Waals surface area contributed by atoms with Crippen LogP contribution in [0.1, 0.15) is 12.0 Å². The van der Waals surface area contributed by atoms with Crippen LogP contribution in [0.3, 0.4) is 0 Å². The highest BCUT2D eigenvalue weighted by atomic mass is 35.5. The summed E-state index contributed by atoms with van der Waals surface area (Å²) in [6.45, 7) is 2.81. The molecule has 27 heavy (non-hydrogen) atoms. The van der Waals surface area contributed by atoms with Crippen molar-refractivity contribution in [3.8, 4) is 5.82 Å². The third-order valence-electron chi connectivity index (χ3n) is 4.86. The van der Waals surface area contributed by atoms with E-state index in [2.05, 4.69) is 10.1 Å². The van der Waals surface area contributed by atoms with Crippen LogP contribution in [0.25, 0.3) is 5.82 Å². The second-order valence-electron chi connectivity index (χ2n) is 6.87. The number of aromatic nitrogens is 3. The van der Waals surface area contributed by atoms with E-state index in [-0.39, 0.29) is 10.8 Å². The second kappa shape index (κ2) is 6.79. The minimum absolute atomic E-state index is 0.0208. The van der Waals surface area contributed by atoms with Crippen molar-refractivity contribution >= 4 is 17.3 Å². The van der Waals surface area contributed by atoms with Gasteiger partial charge in [-0.25, -0.2) is 4.98 Å². The van der Waals surface area contributed by atoms with E-state index >= 15 is 0 Å². The monoisotopic (exact) mass is 400 g/mol. The highest BCUT2D eigenvalue weighted by Crippen LogP contribution is 2.32. The smallest absolute Gasteiger partial charge is 0.381 e. The number of alkyl halides is 3. The molecule has 4 rings (SSSR count). The number of halogens is 4. The molecule has 2 fully saturated rings. The lowest BCUT2D eigenvalue weighted by molar-refractivity contribution is -0.137. The number of piperidine rings is 1. The zero-order chi connectivity index (χ0) is 19.2. The number of hydrogen-bond donors (Lipinski definition) is 0. The Bertz CT molecular complexity index is 889. The molecule has 0 unspecified atom stereocenters. The van der Waals surface area contributed by atoms with Crippen LogP contribution in [-0.4, -0.2) is 41.1 Å². The van der Waals surface area contributed by atoms with Gasteiger partial charge in [0.2, 0.25) is 0 Å². The van der Waals surface area contributed by atoms with Crippen molar-refractivity contribution in [2.45, 2.75) is 12.6 Å². The lowest BCUT2D eigenvalue weighted by Gasteiger charge is -2.42. The summed E-state index contributed by atoms with van der Waals surface area (Å²) in [5, 5.41) is 4.05. The van der Waals surface area contributed by atoms with Crippen molar-refractivity contribution in [1.82, 2.24) is 14.8 Å². The van der Waals surface area contributed by atoms with E-state index in [0.717, 1.165) is 36.3 Å². The van der Waals surface area contributed by atoms with Crippen molar-refractivity contribution < 1.29 is 17.9 Å². The molecular weight excluding hydrogens is 385 g/mol. The summed E-state index contributed by atoms with van der Waals surface area (Å²) < 4.78 is 44.4. The predicted octanol–water partition coefficient (Wildman–Crippen LogP) is 2.77. The SMILES string of the molecule is O=c1c(Cl)c(N2C[C@H]3COC[C@@H](C3)C2)cnn1-c1ccc(C(F)(F)F)cn1. The molecule has 0 spiro atoms. The molecule has 0 N–H and O–H groups in total. The Kier molecular flexibility index (Phi) is 4.59. The largest absolute Gasteiger partial charge is 0.417 e. The second-order valence-corrected chi connectivity index (χ2v) is 7.25. The molecule has 2 aromatic rings. The molecule has 2 aliphatic rings. The van der Waals surface area contributed by atoms with Crippen LogP contribution < -0.4 is 10.5 Å². The Morgan fingerprint density at radius 3 is 2.44 bits per heavy atom. The number of ether oxygens (including phenoxy) is 1. The Balaban J connectivity index is 1.64. The quantitative estimate of drug-likeness (QED) is 0.775. The Hall–Kier alpha value is -2.13. The Morgan fingerprint density at radius 1 is 1.15 bits per heavy atom. The average molecular weight is 401 g/mol. The topological polar surface area (TPSA) is 60.3 Å². The number of rotatable bonds is 2. The number of fused-ring (bicyclic) bond motifs is 2. The van der Waals surface area contributed by atoms with Gasteiger partial charge < -0.3 is 9.64 Å². The van der Waals surface area contributed by atoms with Crippen LogP contribution in [0, 0.1) is 11.8 Å². The summed E-state index contributed by atoms with van der Waals surface area (Å²) in [5.74, 6) is 0.741. The van der Waals surface area contributed by atoms with Crippen molar-refractivity contribution in [3.05, 3.63) is 45.5 Å².